The standard InChI is InChI=1S/C16H22N2O2/c1-10-6-5-7-11(8-10)18-15(20)13-12(16(2,3)4)9-17-14(13)19/h5-8,12-13H,9H2,1-4H3,(H,17,19)(H,18,20). The number of nitrogens with one attached hydrogen (secondary N) is 2. The number of carbonyl (C=O) groups is 2. The molecule has 1 aromatic carbocycles. The van der Waals surface area contributed by atoms with Crippen molar-refractivity contribution in [3.63, 3.8) is 0 Å². The van der Waals surface area contributed by atoms with E-state index in [1.807, 2.05) is 31.2 Å². The van der Waals surface area contributed by atoms with Crippen LogP contribution >= 0.6 is 0 Å². The van der Waals surface area contributed by atoms with Crippen LogP contribution in [0.2, 0.25) is 0 Å². The lowest BCUT2D eigenvalue weighted by molar-refractivity contribution is -0.132. The Labute approximate surface area is 119 Å². The summed E-state index contributed by atoms with van der Waals surface area (Å²) in [5.74, 6) is -0.990. The lowest BCUT2D eigenvalue weighted by atomic mass is 9.74. The molecule has 0 spiro atoms. The smallest absolute Gasteiger partial charge is 0.237 e. The van der Waals surface area contributed by atoms with Gasteiger partial charge in [-0.25, -0.2) is 0 Å². The van der Waals surface area contributed by atoms with Gasteiger partial charge in [0.2, 0.25) is 11.8 Å². The van der Waals surface area contributed by atoms with Gasteiger partial charge in [0.25, 0.3) is 0 Å². The molecule has 0 aliphatic carbocycles. The van der Waals surface area contributed by atoms with E-state index >= 15 is 0 Å². The average Bonchev–Trinajstić information content (AvgIpc) is 2.71. The largest absolute Gasteiger partial charge is 0.355 e. The molecule has 0 radical (unpaired) electrons. The molecule has 0 aromatic heterocycles. The van der Waals surface area contributed by atoms with Crippen molar-refractivity contribution in [2.45, 2.75) is 27.7 Å². The number of amides is 2. The molecule has 2 N–H and O–H groups in total. The molecule has 0 bridgehead atoms. The Hall–Kier alpha value is -1.84. The first kappa shape index (κ1) is 14.6. The number of hydrogen-bond acceptors (Lipinski definition) is 2. The molecule has 1 heterocycles. The van der Waals surface area contributed by atoms with Gasteiger partial charge in [-0.1, -0.05) is 32.9 Å². The summed E-state index contributed by atoms with van der Waals surface area (Å²) < 4.78 is 0. The zero-order valence-electron chi connectivity index (χ0n) is 12.5. The molecule has 1 fully saturated rings. The van der Waals surface area contributed by atoms with Crippen LogP contribution in [-0.2, 0) is 9.59 Å². The molecular weight excluding hydrogens is 252 g/mol. The van der Waals surface area contributed by atoms with Gasteiger partial charge < -0.3 is 10.6 Å². The molecule has 2 rings (SSSR count). The van der Waals surface area contributed by atoms with Crippen molar-refractivity contribution in [3.05, 3.63) is 29.8 Å². The molecule has 2 amide bonds. The van der Waals surface area contributed by atoms with Gasteiger partial charge in [0.1, 0.15) is 5.92 Å². The fourth-order valence-corrected chi connectivity index (χ4v) is 2.67. The zero-order chi connectivity index (χ0) is 14.9. The first-order valence-corrected chi connectivity index (χ1v) is 6.94. The minimum atomic E-state index is -0.615. The first-order valence-electron chi connectivity index (χ1n) is 6.94. The summed E-state index contributed by atoms with van der Waals surface area (Å²) in [6, 6.07) is 7.59. The third-order valence-electron chi connectivity index (χ3n) is 3.86. The second-order valence-corrected chi connectivity index (χ2v) is 6.55. The second-order valence-electron chi connectivity index (χ2n) is 6.55. The van der Waals surface area contributed by atoms with E-state index in [0.717, 1.165) is 11.3 Å². The van der Waals surface area contributed by atoms with E-state index in [-0.39, 0.29) is 23.1 Å². The number of rotatable bonds is 2. The van der Waals surface area contributed by atoms with Crippen LogP contribution in [0.25, 0.3) is 0 Å². The third-order valence-corrected chi connectivity index (χ3v) is 3.86. The number of benzene rings is 1. The van der Waals surface area contributed by atoms with Crippen molar-refractivity contribution in [2.75, 3.05) is 11.9 Å². The van der Waals surface area contributed by atoms with Gasteiger partial charge in [-0.15, -0.1) is 0 Å². The lowest BCUT2D eigenvalue weighted by Crippen LogP contribution is -2.37. The second kappa shape index (κ2) is 5.27. The van der Waals surface area contributed by atoms with Crippen molar-refractivity contribution in [2.24, 2.45) is 17.3 Å². The van der Waals surface area contributed by atoms with Gasteiger partial charge in [-0.3, -0.25) is 9.59 Å². The van der Waals surface area contributed by atoms with Gasteiger partial charge in [0, 0.05) is 18.2 Å². The monoisotopic (exact) mass is 274 g/mol. The summed E-state index contributed by atoms with van der Waals surface area (Å²) >= 11 is 0. The molecular formula is C16H22N2O2. The van der Waals surface area contributed by atoms with E-state index in [0.29, 0.717) is 6.54 Å². The van der Waals surface area contributed by atoms with Crippen LogP contribution in [0.15, 0.2) is 24.3 Å². The summed E-state index contributed by atoms with van der Waals surface area (Å²) in [6.45, 7) is 8.71. The summed E-state index contributed by atoms with van der Waals surface area (Å²) in [5, 5.41) is 5.66. The quantitative estimate of drug-likeness (QED) is 0.813. The zero-order valence-corrected chi connectivity index (χ0v) is 12.5. The normalized spacial score (nSPS) is 22.5. The van der Waals surface area contributed by atoms with Gasteiger partial charge in [0.15, 0.2) is 0 Å². The Morgan fingerprint density at radius 1 is 1.35 bits per heavy atom. The molecule has 1 aliphatic heterocycles. The van der Waals surface area contributed by atoms with E-state index in [1.54, 1.807) is 0 Å². The number of carbonyl (C=O) groups excluding carboxylic acids is 2. The SMILES string of the molecule is Cc1cccc(NC(=O)C2C(=O)NCC2C(C)(C)C)c1. The van der Waals surface area contributed by atoms with Gasteiger partial charge >= 0.3 is 0 Å². The summed E-state index contributed by atoms with van der Waals surface area (Å²) in [7, 11) is 0. The maximum absolute atomic E-state index is 12.4. The maximum Gasteiger partial charge on any atom is 0.237 e. The highest BCUT2D eigenvalue weighted by atomic mass is 16.2. The predicted molar refractivity (Wildman–Crippen MR) is 79.3 cm³/mol. The molecule has 4 nitrogen and oxygen atoms in total. The van der Waals surface area contributed by atoms with E-state index < -0.39 is 5.92 Å². The lowest BCUT2D eigenvalue weighted by Gasteiger charge is -2.29. The van der Waals surface area contributed by atoms with Gasteiger partial charge in [0.05, 0.1) is 0 Å². The van der Waals surface area contributed by atoms with Crippen molar-refractivity contribution < 1.29 is 9.59 Å². The van der Waals surface area contributed by atoms with Gasteiger partial charge in [-0.05, 0) is 30.0 Å². The first-order chi connectivity index (χ1) is 9.29. The topological polar surface area (TPSA) is 58.2 Å². The average molecular weight is 274 g/mol. The maximum atomic E-state index is 12.4. The highest BCUT2D eigenvalue weighted by molar-refractivity contribution is 6.07. The van der Waals surface area contributed by atoms with Crippen LogP contribution in [0.1, 0.15) is 26.3 Å². The third kappa shape index (κ3) is 3.00. The molecule has 1 aliphatic rings. The van der Waals surface area contributed by atoms with E-state index in [4.69, 9.17) is 0 Å². The Bertz CT molecular complexity index is 532. The van der Waals surface area contributed by atoms with Gasteiger partial charge in [-0.2, -0.15) is 0 Å². The summed E-state index contributed by atoms with van der Waals surface area (Å²) in [4.78, 5) is 24.4. The highest BCUT2D eigenvalue weighted by Crippen LogP contribution is 2.35. The molecule has 1 aromatic rings. The van der Waals surface area contributed by atoms with E-state index in [9.17, 15) is 9.59 Å². The Morgan fingerprint density at radius 2 is 2.05 bits per heavy atom. The fraction of sp³-hybridized carbons (Fsp3) is 0.500. The minimum absolute atomic E-state index is 0.0137. The van der Waals surface area contributed by atoms with Crippen LogP contribution in [0.3, 0.4) is 0 Å². The molecule has 20 heavy (non-hydrogen) atoms. The highest BCUT2D eigenvalue weighted by Gasteiger charge is 2.45. The Balaban J connectivity index is 2.17. The van der Waals surface area contributed by atoms with Crippen LogP contribution < -0.4 is 10.6 Å². The summed E-state index contributed by atoms with van der Waals surface area (Å²) in [5.41, 5.74) is 1.72. The van der Waals surface area contributed by atoms with Crippen LogP contribution in [0, 0.1) is 24.2 Å². The molecule has 4 heteroatoms. The van der Waals surface area contributed by atoms with Crippen molar-refractivity contribution >= 4 is 17.5 Å². The molecule has 108 valence electrons. The Morgan fingerprint density at radius 3 is 2.65 bits per heavy atom. The number of hydrogen-bond donors (Lipinski definition) is 2. The molecule has 0 saturated carbocycles. The number of aryl methyl sites for hydroxylation is 1. The predicted octanol–water partition coefficient (Wildman–Crippen LogP) is 2.34. The fourth-order valence-electron chi connectivity index (χ4n) is 2.67. The van der Waals surface area contributed by atoms with Crippen molar-refractivity contribution in [1.82, 2.24) is 5.32 Å². The molecule has 1 saturated heterocycles. The van der Waals surface area contributed by atoms with Crippen LogP contribution in [-0.4, -0.2) is 18.4 Å². The molecule has 2 atom stereocenters. The van der Waals surface area contributed by atoms with Crippen LogP contribution in [0.5, 0.6) is 0 Å². The van der Waals surface area contributed by atoms with Crippen molar-refractivity contribution in [1.29, 1.82) is 0 Å². The van der Waals surface area contributed by atoms with E-state index in [2.05, 4.69) is 31.4 Å². The molecule has 2 unspecified atom stereocenters. The van der Waals surface area contributed by atoms with Crippen LogP contribution in [0.4, 0.5) is 5.69 Å². The minimum Gasteiger partial charge on any atom is -0.355 e. The van der Waals surface area contributed by atoms with E-state index in [1.165, 1.54) is 0 Å². The Kier molecular flexibility index (Phi) is 3.84. The van der Waals surface area contributed by atoms with Crippen molar-refractivity contribution in [3.8, 4) is 0 Å². The summed E-state index contributed by atoms with van der Waals surface area (Å²) in [6.07, 6.45) is 0. The number of anilines is 1.